The number of pyridine rings is 3. The molecule has 0 aliphatic carbocycles. The zero-order chi connectivity index (χ0) is 37.6. The maximum atomic E-state index is 2.51. The molecular weight excluding hydrogens is 671 g/mol. The van der Waals surface area contributed by atoms with Crippen molar-refractivity contribution in [3.63, 3.8) is 0 Å². The van der Waals surface area contributed by atoms with E-state index in [0.29, 0.717) is 0 Å². The molecule has 5 nitrogen and oxygen atoms in total. The summed E-state index contributed by atoms with van der Waals surface area (Å²) in [5, 5.41) is 4.96. The molecule has 0 bridgehead atoms. The molecular formula is C50H47N5+4. The van der Waals surface area contributed by atoms with Crippen LogP contribution in [-0.2, 0) is 34.6 Å². The first-order chi connectivity index (χ1) is 26.9. The van der Waals surface area contributed by atoms with E-state index in [9.17, 15) is 0 Å². The first kappa shape index (κ1) is 34.3. The van der Waals surface area contributed by atoms with E-state index in [1.165, 1.54) is 89.9 Å². The standard InChI is InChI=1S/C50H47N5/c1-6-7-8-35-9-17-43(18-10-35)55-49-45-20-16-42(39-25-31-53(4)32-26-39)34-47(45)46-33-41(38-23-29-52(3)30-24-38)15-19-44(46)48(49)54(5)50(55)40-13-11-36(12-14-40)37-21-27-51(2)28-22-37/h9-34H,6-8H2,1-5H3/q+4. The number of imidazole rings is 1. The lowest BCUT2D eigenvalue weighted by Gasteiger charge is -2.11. The van der Waals surface area contributed by atoms with Gasteiger partial charge in [-0.15, -0.1) is 0 Å². The van der Waals surface area contributed by atoms with Crippen LogP contribution in [-0.4, -0.2) is 4.57 Å². The Morgan fingerprint density at radius 3 is 1.40 bits per heavy atom. The van der Waals surface area contributed by atoms with Crippen LogP contribution >= 0.6 is 0 Å². The Balaban J connectivity index is 1.35. The number of hydrogen-bond donors (Lipinski definition) is 0. The van der Waals surface area contributed by atoms with Crippen LogP contribution in [0.2, 0.25) is 0 Å². The molecule has 0 radical (unpaired) electrons. The number of benzene rings is 5. The van der Waals surface area contributed by atoms with Gasteiger partial charge in [-0.3, -0.25) is 0 Å². The first-order valence-corrected chi connectivity index (χ1v) is 19.4. The molecule has 0 fully saturated rings. The Labute approximate surface area is 323 Å². The van der Waals surface area contributed by atoms with Gasteiger partial charge in [0, 0.05) is 47.2 Å². The summed E-state index contributed by atoms with van der Waals surface area (Å²) < 4.78 is 11.2. The lowest BCUT2D eigenvalue weighted by molar-refractivity contribution is -0.671. The Hall–Kier alpha value is -6.46. The molecule has 5 aromatic carbocycles. The maximum Gasteiger partial charge on any atom is 0.294 e. The SMILES string of the molecule is CCCCc1ccc(-n2c(-c3ccc(-c4cc[n+](C)cc4)cc3)[n+](C)c3c4ccc(-c5cc[n+](C)cc5)cc4c4cc(-c5cc[n+](C)cc5)ccc4c32)cc1. The van der Waals surface area contributed by atoms with E-state index in [2.05, 4.69) is 216 Å². The van der Waals surface area contributed by atoms with Gasteiger partial charge in [0.05, 0.1) is 12.6 Å². The number of unbranched alkanes of at least 4 members (excludes halogenated alkanes) is 1. The van der Waals surface area contributed by atoms with Crippen molar-refractivity contribution in [2.75, 3.05) is 0 Å². The Bertz CT molecular complexity index is 2830. The average Bonchev–Trinajstić information content (AvgIpc) is 3.53. The summed E-state index contributed by atoms with van der Waals surface area (Å²) in [7, 11) is 8.43. The summed E-state index contributed by atoms with van der Waals surface area (Å²) in [4.78, 5) is 0. The summed E-state index contributed by atoms with van der Waals surface area (Å²) in [6, 6.07) is 45.6. The molecule has 4 aromatic heterocycles. The number of nitrogens with zero attached hydrogens (tertiary/aromatic N) is 5. The van der Waals surface area contributed by atoms with Gasteiger partial charge in [0.15, 0.2) is 48.2 Å². The van der Waals surface area contributed by atoms with Crippen molar-refractivity contribution in [1.82, 2.24) is 4.57 Å². The number of rotatable bonds is 8. The fourth-order valence-electron chi connectivity index (χ4n) is 8.15. The Morgan fingerprint density at radius 2 is 0.873 bits per heavy atom. The van der Waals surface area contributed by atoms with Crippen molar-refractivity contribution in [3.8, 4) is 50.5 Å². The number of aromatic nitrogens is 5. The molecule has 268 valence electrons. The second kappa shape index (κ2) is 14.1. The minimum Gasteiger partial charge on any atom is -0.225 e. The summed E-state index contributed by atoms with van der Waals surface area (Å²) in [6.45, 7) is 2.26. The highest BCUT2D eigenvalue weighted by Gasteiger charge is 2.30. The smallest absolute Gasteiger partial charge is 0.225 e. The predicted molar refractivity (Wildman–Crippen MR) is 223 cm³/mol. The highest BCUT2D eigenvalue weighted by atomic mass is 15.2. The number of hydrogen-bond acceptors (Lipinski definition) is 0. The molecule has 0 N–H and O–H groups in total. The Morgan fingerprint density at radius 1 is 0.436 bits per heavy atom. The van der Waals surface area contributed by atoms with Crippen LogP contribution in [0.15, 0.2) is 159 Å². The zero-order valence-corrected chi connectivity index (χ0v) is 32.4. The lowest BCUT2D eigenvalue weighted by atomic mass is 9.93. The van der Waals surface area contributed by atoms with Gasteiger partial charge in [-0.25, -0.2) is 18.3 Å². The van der Waals surface area contributed by atoms with Crippen LogP contribution in [0.4, 0.5) is 0 Å². The molecule has 4 heterocycles. The third kappa shape index (κ3) is 6.26. The van der Waals surface area contributed by atoms with E-state index in [1.54, 1.807) is 0 Å². The third-order valence-corrected chi connectivity index (χ3v) is 11.2. The van der Waals surface area contributed by atoms with Crippen LogP contribution < -0.4 is 18.3 Å². The van der Waals surface area contributed by atoms with E-state index in [1.807, 2.05) is 0 Å². The lowest BCUT2D eigenvalue weighted by Crippen LogP contribution is -2.30. The van der Waals surface area contributed by atoms with E-state index < -0.39 is 0 Å². The second-order valence-electron chi connectivity index (χ2n) is 15.0. The van der Waals surface area contributed by atoms with Crippen LogP contribution in [0, 0.1) is 0 Å². The summed E-state index contributed by atoms with van der Waals surface area (Å²) >= 11 is 0. The minimum absolute atomic E-state index is 1.10. The minimum atomic E-state index is 1.10. The molecule has 0 saturated carbocycles. The third-order valence-electron chi connectivity index (χ3n) is 11.2. The molecule has 9 rings (SSSR count). The van der Waals surface area contributed by atoms with Crippen molar-refractivity contribution in [3.05, 3.63) is 164 Å². The summed E-state index contributed by atoms with van der Waals surface area (Å²) in [6.07, 6.45) is 16.2. The zero-order valence-electron chi connectivity index (χ0n) is 32.4. The van der Waals surface area contributed by atoms with E-state index >= 15 is 0 Å². The fourth-order valence-corrected chi connectivity index (χ4v) is 8.15. The predicted octanol–water partition coefficient (Wildman–Crippen LogP) is 9.25. The average molecular weight is 718 g/mol. The largest absolute Gasteiger partial charge is 0.294 e. The second-order valence-corrected chi connectivity index (χ2v) is 15.0. The van der Waals surface area contributed by atoms with E-state index in [-0.39, 0.29) is 0 Å². The molecule has 0 saturated heterocycles. The quantitative estimate of drug-likeness (QED) is 0.110. The number of fused-ring (bicyclic) bond motifs is 6. The normalized spacial score (nSPS) is 11.6. The molecule has 9 aromatic rings. The fraction of sp³-hybridized carbons (Fsp3) is 0.160. The van der Waals surface area contributed by atoms with Crippen molar-refractivity contribution < 1.29 is 18.3 Å². The van der Waals surface area contributed by atoms with Gasteiger partial charge in [-0.2, -0.15) is 4.57 Å². The van der Waals surface area contributed by atoms with Gasteiger partial charge in [0.25, 0.3) is 5.82 Å². The first-order valence-electron chi connectivity index (χ1n) is 19.4. The van der Waals surface area contributed by atoms with Crippen LogP contribution in [0.1, 0.15) is 25.3 Å². The summed E-state index contributed by atoms with van der Waals surface area (Å²) in [5.74, 6) is 1.15. The topological polar surface area (TPSA) is 20.4 Å². The Kier molecular flexibility index (Phi) is 8.78. The molecule has 0 aliphatic heterocycles. The van der Waals surface area contributed by atoms with E-state index in [4.69, 9.17) is 0 Å². The monoisotopic (exact) mass is 717 g/mol. The van der Waals surface area contributed by atoms with Crippen LogP contribution in [0.5, 0.6) is 0 Å². The van der Waals surface area contributed by atoms with Crippen LogP contribution in [0.25, 0.3) is 83.0 Å². The van der Waals surface area contributed by atoms with Crippen molar-refractivity contribution in [1.29, 1.82) is 0 Å². The molecule has 0 aliphatic rings. The van der Waals surface area contributed by atoms with E-state index in [0.717, 1.165) is 17.9 Å². The number of aryl methyl sites for hydroxylation is 5. The van der Waals surface area contributed by atoms with Crippen LogP contribution in [0.3, 0.4) is 0 Å². The highest BCUT2D eigenvalue weighted by Crippen LogP contribution is 2.41. The summed E-state index contributed by atoms with van der Waals surface area (Å²) in [5.41, 5.74) is 13.4. The van der Waals surface area contributed by atoms with Gasteiger partial charge >= 0.3 is 0 Å². The van der Waals surface area contributed by atoms with Crippen molar-refractivity contribution in [2.24, 2.45) is 28.2 Å². The van der Waals surface area contributed by atoms with Gasteiger partial charge in [0.2, 0.25) is 0 Å². The molecule has 0 spiro atoms. The molecule has 5 heteroatoms. The van der Waals surface area contributed by atoms with Crippen molar-refractivity contribution in [2.45, 2.75) is 26.2 Å². The van der Waals surface area contributed by atoms with Gasteiger partial charge < -0.3 is 0 Å². The molecule has 0 unspecified atom stereocenters. The maximum absolute atomic E-state index is 2.51. The van der Waals surface area contributed by atoms with Gasteiger partial charge in [0.1, 0.15) is 26.8 Å². The molecule has 55 heavy (non-hydrogen) atoms. The van der Waals surface area contributed by atoms with Crippen molar-refractivity contribution >= 4 is 32.6 Å². The van der Waals surface area contributed by atoms with Gasteiger partial charge in [-0.1, -0.05) is 49.7 Å². The molecule has 0 atom stereocenters. The highest BCUT2D eigenvalue weighted by molar-refractivity contribution is 6.24. The van der Waals surface area contributed by atoms with Gasteiger partial charge in [-0.05, 0) is 111 Å². The molecule has 0 amide bonds.